The summed E-state index contributed by atoms with van der Waals surface area (Å²) in [6, 6.07) is 0.443. The molecular weight excluding hydrogens is 264 g/mol. The van der Waals surface area contributed by atoms with Crippen molar-refractivity contribution >= 4 is 23.4 Å². The maximum atomic E-state index is 9.22. The van der Waals surface area contributed by atoms with Crippen molar-refractivity contribution in [2.75, 3.05) is 29.9 Å². The van der Waals surface area contributed by atoms with E-state index in [4.69, 9.17) is 11.6 Å². The van der Waals surface area contributed by atoms with Crippen LogP contribution in [0.25, 0.3) is 0 Å². The van der Waals surface area contributed by atoms with Gasteiger partial charge in [-0.1, -0.05) is 18.5 Å². The number of anilines is 2. The van der Waals surface area contributed by atoms with Crippen LogP contribution in [0.1, 0.15) is 32.6 Å². The van der Waals surface area contributed by atoms with Crippen LogP contribution >= 0.6 is 11.6 Å². The molecule has 0 bridgehead atoms. The van der Waals surface area contributed by atoms with Gasteiger partial charge in [0.15, 0.2) is 5.82 Å². The summed E-state index contributed by atoms with van der Waals surface area (Å²) in [5, 5.41) is 12.9. The molecule has 0 aromatic carbocycles. The van der Waals surface area contributed by atoms with Crippen LogP contribution in [0.2, 0.25) is 5.02 Å². The van der Waals surface area contributed by atoms with Crippen LogP contribution in [0.4, 0.5) is 11.8 Å². The molecule has 0 aliphatic heterocycles. The molecule has 1 aliphatic carbocycles. The predicted molar refractivity (Wildman–Crippen MR) is 77.9 cm³/mol. The average molecular weight is 285 g/mol. The van der Waals surface area contributed by atoms with Crippen LogP contribution in [0, 0.1) is 0 Å². The normalized spacial score (nSPS) is 15.1. The Morgan fingerprint density at radius 2 is 2.32 bits per heavy atom. The number of nitrogens with zero attached hydrogens (tertiary/aromatic N) is 3. The number of hydrogen-bond acceptors (Lipinski definition) is 5. The van der Waals surface area contributed by atoms with Crippen LogP contribution in [0.15, 0.2) is 6.20 Å². The van der Waals surface area contributed by atoms with Crippen molar-refractivity contribution in [1.29, 1.82) is 0 Å². The molecule has 0 atom stereocenters. The van der Waals surface area contributed by atoms with Gasteiger partial charge in [0, 0.05) is 19.1 Å². The molecule has 2 rings (SSSR count). The van der Waals surface area contributed by atoms with Crippen LogP contribution in [0.3, 0.4) is 0 Å². The van der Waals surface area contributed by atoms with E-state index in [1.165, 1.54) is 6.42 Å². The molecule has 1 aromatic rings. The van der Waals surface area contributed by atoms with Crippen molar-refractivity contribution in [3.8, 4) is 0 Å². The van der Waals surface area contributed by atoms with E-state index in [1.807, 2.05) is 0 Å². The van der Waals surface area contributed by atoms with Gasteiger partial charge in [0.25, 0.3) is 0 Å². The second kappa shape index (κ2) is 6.91. The van der Waals surface area contributed by atoms with Gasteiger partial charge in [0.2, 0.25) is 5.95 Å². The van der Waals surface area contributed by atoms with Gasteiger partial charge >= 0.3 is 0 Å². The Balaban J connectivity index is 2.18. The number of aromatic nitrogens is 2. The zero-order valence-corrected chi connectivity index (χ0v) is 12.0. The Bertz CT molecular complexity index is 412. The lowest BCUT2D eigenvalue weighted by molar-refractivity contribution is 0.283. The van der Waals surface area contributed by atoms with Gasteiger partial charge in [0.05, 0.1) is 12.8 Å². The molecule has 106 valence electrons. The molecule has 5 nitrogen and oxygen atoms in total. The maximum absolute atomic E-state index is 9.22. The largest absolute Gasteiger partial charge is 0.395 e. The first-order valence-corrected chi connectivity index (χ1v) is 7.28. The maximum Gasteiger partial charge on any atom is 0.224 e. The zero-order valence-electron chi connectivity index (χ0n) is 11.3. The van der Waals surface area contributed by atoms with Gasteiger partial charge in [-0.2, -0.15) is 4.98 Å². The Hall–Kier alpha value is -1.07. The minimum Gasteiger partial charge on any atom is -0.395 e. The predicted octanol–water partition coefficient (Wildman–Crippen LogP) is 2.30. The molecule has 1 aromatic heterocycles. The highest BCUT2D eigenvalue weighted by atomic mass is 35.5. The Labute approximate surface area is 119 Å². The first-order valence-electron chi connectivity index (χ1n) is 6.90. The SMILES string of the molecule is CCCNc1ncc(Cl)c(N(CCO)C2CCC2)n1. The number of aliphatic hydroxyl groups is 1. The molecule has 0 saturated heterocycles. The standard InChI is InChI=1S/C13H21ClN4O/c1-2-6-15-13-16-9-11(14)12(17-13)18(7-8-19)10-4-3-5-10/h9-10,19H,2-8H2,1H3,(H,15,16,17). The Morgan fingerprint density at radius 1 is 1.53 bits per heavy atom. The van der Waals surface area contributed by atoms with Crippen LogP contribution in [0.5, 0.6) is 0 Å². The quantitative estimate of drug-likeness (QED) is 0.804. The lowest BCUT2D eigenvalue weighted by atomic mass is 9.91. The van der Waals surface area contributed by atoms with E-state index < -0.39 is 0 Å². The number of halogens is 1. The fourth-order valence-electron chi connectivity index (χ4n) is 2.15. The highest BCUT2D eigenvalue weighted by molar-refractivity contribution is 6.32. The van der Waals surface area contributed by atoms with E-state index in [0.29, 0.717) is 23.6 Å². The topological polar surface area (TPSA) is 61.3 Å². The average Bonchev–Trinajstić information content (AvgIpc) is 2.35. The molecule has 1 saturated carbocycles. The summed E-state index contributed by atoms with van der Waals surface area (Å²) in [5.41, 5.74) is 0. The van der Waals surface area contributed by atoms with E-state index in [2.05, 4.69) is 27.1 Å². The summed E-state index contributed by atoms with van der Waals surface area (Å²) in [4.78, 5) is 10.8. The molecule has 0 spiro atoms. The Kier molecular flexibility index (Phi) is 5.22. The number of nitrogens with one attached hydrogen (secondary N) is 1. The highest BCUT2D eigenvalue weighted by Crippen LogP contribution is 2.32. The third kappa shape index (κ3) is 3.48. The molecule has 2 N–H and O–H groups in total. The van der Waals surface area contributed by atoms with Gasteiger partial charge in [-0.05, 0) is 25.7 Å². The van der Waals surface area contributed by atoms with Crippen molar-refractivity contribution in [2.45, 2.75) is 38.6 Å². The van der Waals surface area contributed by atoms with E-state index >= 15 is 0 Å². The van der Waals surface area contributed by atoms with Crippen LogP contribution in [-0.4, -0.2) is 40.8 Å². The van der Waals surface area contributed by atoms with Crippen molar-refractivity contribution in [3.63, 3.8) is 0 Å². The van der Waals surface area contributed by atoms with E-state index in [9.17, 15) is 5.11 Å². The van der Waals surface area contributed by atoms with Crippen LogP contribution < -0.4 is 10.2 Å². The lowest BCUT2D eigenvalue weighted by Gasteiger charge is -2.38. The summed E-state index contributed by atoms with van der Waals surface area (Å²) in [7, 11) is 0. The van der Waals surface area contributed by atoms with E-state index in [-0.39, 0.29) is 6.61 Å². The van der Waals surface area contributed by atoms with E-state index in [1.54, 1.807) is 6.20 Å². The van der Waals surface area contributed by atoms with Gasteiger partial charge in [-0.15, -0.1) is 0 Å². The first-order chi connectivity index (χ1) is 9.26. The monoisotopic (exact) mass is 284 g/mol. The van der Waals surface area contributed by atoms with Crippen molar-refractivity contribution in [2.24, 2.45) is 0 Å². The third-order valence-corrected chi connectivity index (χ3v) is 3.65. The fourth-order valence-corrected chi connectivity index (χ4v) is 2.35. The van der Waals surface area contributed by atoms with Gasteiger partial charge in [-0.3, -0.25) is 0 Å². The zero-order chi connectivity index (χ0) is 13.7. The minimum absolute atomic E-state index is 0.106. The smallest absolute Gasteiger partial charge is 0.224 e. The van der Waals surface area contributed by atoms with Crippen LogP contribution in [-0.2, 0) is 0 Å². The minimum atomic E-state index is 0.106. The molecule has 1 fully saturated rings. The summed E-state index contributed by atoms with van der Waals surface area (Å²) < 4.78 is 0. The molecular formula is C13H21ClN4O. The van der Waals surface area contributed by atoms with Gasteiger partial charge in [0.1, 0.15) is 5.02 Å². The first kappa shape index (κ1) is 14.3. The van der Waals surface area contributed by atoms with Crippen molar-refractivity contribution < 1.29 is 5.11 Å². The summed E-state index contributed by atoms with van der Waals surface area (Å²) >= 11 is 6.21. The van der Waals surface area contributed by atoms with E-state index in [0.717, 1.165) is 31.6 Å². The second-order valence-electron chi connectivity index (χ2n) is 4.79. The van der Waals surface area contributed by atoms with Crippen molar-refractivity contribution in [3.05, 3.63) is 11.2 Å². The summed E-state index contributed by atoms with van der Waals surface area (Å²) in [6.45, 7) is 3.60. The molecule has 1 aliphatic rings. The fraction of sp³-hybridized carbons (Fsp3) is 0.692. The highest BCUT2D eigenvalue weighted by Gasteiger charge is 2.27. The molecule has 19 heavy (non-hydrogen) atoms. The van der Waals surface area contributed by atoms with Gasteiger partial charge in [-0.25, -0.2) is 4.98 Å². The third-order valence-electron chi connectivity index (χ3n) is 3.39. The van der Waals surface area contributed by atoms with Crippen molar-refractivity contribution in [1.82, 2.24) is 9.97 Å². The molecule has 0 unspecified atom stereocenters. The molecule has 0 radical (unpaired) electrons. The number of hydrogen-bond donors (Lipinski definition) is 2. The molecule has 6 heteroatoms. The summed E-state index contributed by atoms with van der Waals surface area (Å²) in [6.07, 6.45) is 6.15. The summed E-state index contributed by atoms with van der Waals surface area (Å²) in [5.74, 6) is 1.33. The second-order valence-corrected chi connectivity index (χ2v) is 5.20. The molecule has 0 amide bonds. The Morgan fingerprint density at radius 3 is 2.89 bits per heavy atom. The lowest BCUT2D eigenvalue weighted by Crippen LogP contribution is -2.42. The van der Waals surface area contributed by atoms with Gasteiger partial charge < -0.3 is 15.3 Å². The number of aliphatic hydroxyl groups excluding tert-OH is 1. The number of rotatable bonds is 7. The molecule has 1 heterocycles.